The van der Waals surface area contributed by atoms with Crippen molar-refractivity contribution >= 4 is 16.7 Å². The zero-order valence-electron chi connectivity index (χ0n) is 12.2. The van der Waals surface area contributed by atoms with Crippen molar-refractivity contribution in [3.8, 4) is 11.3 Å². The van der Waals surface area contributed by atoms with Gasteiger partial charge in [-0.2, -0.15) is 5.10 Å². The summed E-state index contributed by atoms with van der Waals surface area (Å²) in [4.78, 5) is 6.43. The molecule has 22 heavy (non-hydrogen) atoms. The van der Waals surface area contributed by atoms with Gasteiger partial charge in [-0.3, -0.25) is 5.10 Å². The number of piperidine rings is 1. The smallest absolute Gasteiger partial charge is 0.129 e. The Morgan fingerprint density at radius 1 is 1.23 bits per heavy atom. The number of para-hydroxylation sites is 1. The van der Waals surface area contributed by atoms with Crippen molar-refractivity contribution in [2.45, 2.75) is 19.0 Å². The third-order valence-electron chi connectivity index (χ3n) is 4.18. The number of nitrogens with zero attached hydrogens (tertiary/aromatic N) is 3. The highest BCUT2D eigenvalue weighted by Crippen LogP contribution is 2.29. The number of H-pyrrole nitrogens is 1. The van der Waals surface area contributed by atoms with E-state index < -0.39 is 6.17 Å². The van der Waals surface area contributed by atoms with Crippen LogP contribution in [0.1, 0.15) is 12.8 Å². The molecule has 0 saturated carbocycles. The van der Waals surface area contributed by atoms with Crippen LogP contribution in [0.4, 0.5) is 10.2 Å². The number of aromatic nitrogens is 3. The van der Waals surface area contributed by atoms with E-state index in [1.54, 1.807) is 6.20 Å². The van der Waals surface area contributed by atoms with Crippen LogP contribution in [-0.4, -0.2) is 34.4 Å². The number of fused-ring (bicyclic) bond motifs is 1. The van der Waals surface area contributed by atoms with E-state index in [2.05, 4.69) is 15.2 Å². The molecule has 1 aliphatic rings. The van der Waals surface area contributed by atoms with Gasteiger partial charge in [0.15, 0.2) is 0 Å². The molecule has 0 amide bonds. The number of aromatic amines is 1. The maximum absolute atomic E-state index is 13.6. The summed E-state index contributed by atoms with van der Waals surface area (Å²) in [5.74, 6) is 0.826. The summed E-state index contributed by atoms with van der Waals surface area (Å²) in [6.07, 6.45) is 2.54. The molecule has 1 aromatic carbocycles. The van der Waals surface area contributed by atoms with E-state index in [1.165, 1.54) is 0 Å². The Bertz CT molecular complexity index is 798. The number of alkyl halides is 1. The Labute approximate surface area is 128 Å². The maximum atomic E-state index is 13.6. The summed E-state index contributed by atoms with van der Waals surface area (Å²) in [5.41, 5.74) is 2.93. The Balaban J connectivity index is 1.72. The summed E-state index contributed by atoms with van der Waals surface area (Å²) >= 11 is 0. The van der Waals surface area contributed by atoms with Crippen LogP contribution in [0.25, 0.3) is 22.2 Å². The van der Waals surface area contributed by atoms with E-state index in [1.807, 2.05) is 41.3 Å². The fraction of sp³-hybridized carbons (Fsp3) is 0.294. The predicted octanol–water partition coefficient (Wildman–Crippen LogP) is 3.56. The quantitative estimate of drug-likeness (QED) is 0.786. The molecule has 3 heterocycles. The lowest BCUT2D eigenvalue weighted by molar-refractivity contribution is 0.286. The minimum atomic E-state index is -0.759. The highest BCUT2D eigenvalue weighted by molar-refractivity contribution is 5.93. The second-order valence-corrected chi connectivity index (χ2v) is 5.71. The van der Waals surface area contributed by atoms with Gasteiger partial charge in [0.1, 0.15) is 17.7 Å². The summed E-state index contributed by atoms with van der Waals surface area (Å²) in [5, 5.41) is 8.55. The van der Waals surface area contributed by atoms with Gasteiger partial charge in [0, 0.05) is 23.7 Å². The summed E-state index contributed by atoms with van der Waals surface area (Å²) in [7, 11) is 0. The predicted molar refractivity (Wildman–Crippen MR) is 85.7 cm³/mol. The molecule has 5 heteroatoms. The van der Waals surface area contributed by atoms with Crippen LogP contribution in [0.15, 0.2) is 42.6 Å². The molecule has 4 rings (SSSR count). The fourth-order valence-corrected chi connectivity index (χ4v) is 3.06. The topological polar surface area (TPSA) is 44.8 Å². The number of rotatable bonds is 2. The Hall–Kier alpha value is -2.43. The van der Waals surface area contributed by atoms with Crippen molar-refractivity contribution in [2.75, 3.05) is 18.0 Å². The Morgan fingerprint density at radius 2 is 2.14 bits per heavy atom. The lowest BCUT2D eigenvalue weighted by atomic mass is 10.1. The number of pyridine rings is 1. The zero-order chi connectivity index (χ0) is 14.9. The number of benzene rings is 1. The van der Waals surface area contributed by atoms with Gasteiger partial charge in [0.2, 0.25) is 0 Å². The molecule has 0 radical (unpaired) electrons. The van der Waals surface area contributed by atoms with Gasteiger partial charge >= 0.3 is 0 Å². The number of hydrogen-bond acceptors (Lipinski definition) is 3. The minimum Gasteiger partial charge on any atom is -0.354 e. The zero-order valence-corrected chi connectivity index (χ0v) is 12.2. The number of hydrogen-bond donors (Lipinski definition) is 1. The molecular weight excluding hydrogens is 279 g/mol. The summed E-state index contributed by atoms with van der Waals surface area (Å²) < 4.78 is 13.6. The average molecular weight is 296 g/mol. The van der Waals surface area contributed by atoms with Gasteiger partial charge in [-0.05, 0) is 31.0 Å². The van der Waals surface area contributed by atoms with E-state index >= 15 is 0 Å². The van der Waals surface area contributed by atoms with Gasteiger partial charge in [-0.15, -0.1) is 0 Å². The van der Waals surface area contributed by atoms with Crippen molar-refractivity contribution in [3.05, 3.63) is 42.6 Å². The molecular formula is C17H17FN4. The molecule has 2 aromatic heterocycles. The molecule has 0 aliphatic carbocycles. The molecule has 3 aromatic rings. The summed E-state index contributed by atoms with van der Waals surface area (Å²) in [6, 6.07) is 12.0. The maximum Gasteiger partial charge on any atom is 0.129 e. The molecule has 1 aliphatic heterocycles. The monoisotopic (exact) mass is 296 g/mol. The fourth-order valence-electron chi connectivity index (χ4n) is 3.06. The van der Waals surface area contributed by atoms with E-state index in [4.69, 9.17) is 0 Å². The van der Waals surface area contributed by atoms with E-state index in [-0.39, 0.29) is 0 Å². The molecule has 0 bridgehead atoms. The third-order valence-corrected chi connectivity index (χ3v) is 4.18. The molecule has 4 nitrogen and oxygen atoms in total. The first kappa shape index (κ1) is 13.2. The third kappa shape index (κ3) is 2.32. The van der Waals surface area contributed by atoms with Crippen molar-refractivity contribution in [1.82, 2.24) is 15.2 Å². The molecule has 1 fully saturated rings. The number of nitrogens with one attached hydrogen (secondary N) is 1. The van der Waals surface area contributed by atoms with E-state index in [9.17, 15) is 4.39 Å². The van der Waals surface area contributed by atoms with Crippen LogP contribution in [0.3, 0.4) is 0 Å². The van der Waals surface area contributed by atoms with E-state index in [0.29, 0.717) is 13.0 Å². The SMILES string of the molecule is FC1CCCN(c2cc(-c3n[nH]c4ccccc34)ccn2)C1. The summed E-state index contributed by atoms with van der Waals surface area (Å²) in [6.45, 7) is 1.29. The normalized spacial score (nSPS) is 18.8. The molecule has 1 saturated heterocycles. The molecule has 1 unspecified atom stereocenters. The van der Waals surface area contributed by atoms with Gasteiger partial charge < -0.3 is 4.90 Å². The Morgan fingerprint density at radius 3 is 3.05 bits per heavy atom. The van der Waals surface area contributed by atoms with Crippen LogP contribution in [0.5, 0.6) is 0 Å². The van der Waals surface area contributed by atoms with Crippen LogP contribution in [-0.2, 0) is 0 Å². The molecule has 112 valence electrons. The largest absolute Gasteiger partial charge is 0.354 e. The van der Waals surface area contributed by atoms with Gasteiger partial charge in [-0.25, -0.2) is 9.37 Å². The molecule has 0 spiro atoms. The minimum absolute atomic E-state index is 0.428. The Kier molecular flexibility index (Phi) is 3.25. The van der Waals surface area contributed by atoms with Crippen molar-refractivity contribution in [3.63, 3.8) is 0 Å². The second-order valence-electron chi connectivity index (χ2n) is 5.71. The number of halogens is 1. The molecule has 1 N–H and O–H groups in total. The first-order valence-electron chi connectivity index (χ1n) is 7.60. The number of anilines is 1. The van der Waals surface area contributed by atoms with E-state index in [0.717, 1.165) is 40.9 Å². The van der Waals surface area contributed by atoms with Crippen LogP contribution in [0, 0.1) is 0 Å². The van der Waals surface area contributed by atoms with Crippen LogP contribution >= 0.6 is 0 Å². The van der Waals surface area contributed by atoms with Crippen LogP contribution in [0.2, 0.25) is 0 Å². The van der Waals surface area contributed by atoms with Gasteiger partial charge in [0.25, 0.3) is 0 Å². The standard InChI is InChI=1S/C17H17FN4/c18-13-4-3-9-22(11-13)16-10-12(7-8-19-16)17-14-5-1-2-6-15(14)20-21-17/h1-2,5-8,10,13H,3-4,9,11H2,(H,20,21). The van der Waals surface area contributed by atoms with Crippen molar-refractivity contribution < 1.29 is 4.39 Å². The van der Waals surface area contributed by atoms with Crippen LogP contribution < -0.4 is 4.90 Å². The lowest BCUT2D eigenvalue weighted by Gasteiger charge is -2.30. The molecule has 1 atom stereocenters. The van der Waals surface area contributed by atoms with Crippen molar-refractivity contribution in [2.24, 2.45) is 0 Å². The van der Waals surface area contributed by atoms with Crippen molar-refractivity contribution in [1.29, 1.82) is 0 Å². The van der Waals surface area contributed by atoms with Gasteiger partial charge in [0.05, 0.1) is 12.1 Å². The highest BCUT2D eigenvalue weighted by atomic mass is 19.1. The highest BCUT2D eigenvalue weighted by Gasteiger charge is 2.20. The first-order valence-corrected chi connectivity index (χ1v) is 7.60. The van der Waals surface area contributed by atoms with Gasteiger partial charge in [-0.1, -0.05) is 18.2 Å². The average Bonchev–Trinajstić information content (AvgIpc) is 2.99. The lowest BCUT2D eigenvalue weighted by Crippen LogP contribution is -2.36. The first-order chi connectivity index (χ1) is 10.8. The second kappa shape index (κ2) is 5.40.